The third-order valence-corrected chi connectivity index (χ3v) is 5.06. The molecule has 168 valence electrons. The maximum absolute atomic E-state index is 12.2. The monoisotopic (exact) mass is 467 g/mol. The SMILES string of the molecule is CCOC(=O)c1ccc(COc2cccc(-n3cc(C(=O)C(=O)O)c4cc(Cl)ccc43)c2)o1. The summed E-state index contributed by atoms with van der Waals surface area (Å²) in [5.41, 5.74) is 1.30. The van der Waals surface area contributed by atoms with Gasteiger partial charge in [-0.2, -0.15) is 0 Å². The summed E-state index contributed by atoms with van der Waals surface area (Å²) >= 11 is 6.07. The summed E-state index contributed by atoms with van der Waals surface area (Å²) in [5, 5.41) is 10.0. The Morgan fingerprint density at radius 1 is 1.09 bits per heavy atom. The summed E-state index contributed by atoms with van der Waals surface area (Å²) in [6.45, 7) is 2.03. The van der Waals surface area contributed by atoms with Gasteiger partial charge in [0.15, 0.2) is 0 Å². The van der Waals surface area contributed by atoms with Gasteiger partial charge in [-0.05, 0) is 49.4 Å². The molecule has 2 aromatic carbocycles. The fourth-order valence-electron chi connectivity index (χ4n) is 3.36. The number of halogens is 1. The largest absolute Gasteiger partial charge is 0.486 e. The quantitative estimate of drug-likeness (QED) is 0.223. The third-order valence-electron chi connectivity index (χ3n) is 4.82. The highest BCUT2D eigenvalue weighted by atomic mass is 35.5. The number of carboxylic acids is 1. The van der Waals surface area contributed by atoms with E-state index in [1.54, 1.807) is 60.0 Å². The predicted molar refractivity (Wildman–Crippen MR) is 119 cm³/mol. The van der Waals surface area contributed by atoms with Crippen molar-refractivity contribution in [2.45, 2.75) is 13.5 Å². The average molecular weight is 468 g/mol. The Kier molecular flexibility index (Phi) is 6.19. The normalized spacial score (nSPS) is 10.8. The molecule has 0 atom stereocenters. The second-order valence-electron chi connectivity index (χ2n) is 6.98. The van der Waals surface area contributed by atoms with Crippen molar-refractivity contribution >= 4 is 40.2 Å². The molecule has 0 fully saturated rings. The molecular formula is C24H18ClNO7. The Balaban J connectivity index is 1.61. The standard InChI is InChI=1S/C24H18ClNO7/c1-2-31-24(30)21-9-7-17(33-21)13-32-16-5-3-4-15(11-16)26-12-19(22(27)23(28)29)18-10-14(25)6-8-20(18)26/h3-12H,2,13H2,1H3,(H,28,29). The molecule has 9 heteroatoms. The molecule has 0 aliphatic rings. The van der Waals surface area contributed by atoms with E-state index in [1.807, 2.05) is 0 Å². The van der Waals surface area contributed by atoms with Crippen LogP contribution in [0.2, 0.25) is 5.02 Å². The van der Waals surface area contributed by atoms with Crippen molar-refractivity contribution in [3.8, 4) is 11.4 Å². The molecule has 0 saturated carbocycles. The molecular weight excluding hydrogens is 450 g/mol. The number of esters is 1. The molecule has 8 nitrogen and oxygen atoms in total. The number of aromatic nitrogens is 1. The lowest BCUT2D eigenvalue weighted by Gasteiger charge is -2.09. The number of ketones is 1. The number of Topliss-reactive ketones (excluding diaryl/α,β-unsaturated/α-hetero) is 1. The number of benzene rings is 2. The van der Waals surface area contributed by atoms with Gasteiger partial charge < -0.3 is 23.6 Å². The predicted octanol–water partition coefficient (Wildman–Crippen LogP) is 4.90. The average Bonchev–Trinajstić information content (AvgIpc) is 3.42. The second-order valence-corrected chi connectivity index (χ2v) is 7.42. The van der Waals surface area contributed by atoms with Crippen LogP contribution in [-0.2, 0) is 16.1 Å². The topological polar surface area (TPSA) is 108 Å². The number of ether oxygens (including phenoxy) is 2. The molecule has 0 saturated heterocycles. The first kappa shape index (κ1) is 22.2. The highest BCUT2D eigenvalue weighted by Gasteiger charge is 2.22. The van der Waals surface area contributed by atoms with E-state index in [1.165, 1.54) is 12.3 Å². The van der Waals surface area contributed by atoms with Crippen molar-refractivity contribution < 1.29 is 33.4 Å². The number of hydrogen-bond donors (Lipinski definition) is 1. The minimum Gasteiger partial charge on any atom is -0.486 e. The van der Waals surface area contributed by atoms with Gasteiger partial charge in [-0.1, -0.05) is 17.7 Å². The molecule has 33 heavy (non-hydrogen) atoms. The van der Waals surface area contributed by atoms with Crippen LogP contribution in [0.4, 0.5) is 0 Å². The van der Waals surface area contributed by atoms with Crippen LogP contribution < -0.4 is 4.74 Å². The molecule has 0 bridgehead atoms. The van der Waals surface area contributed by atoms with Gasteiger partial charge in [-0.3, -0.25) is 4.79 Å². The van der Waals surface area contributed by atoms with Gasteiger partial charge in [0.05, 0.1) is 17.7 Å². The zero-order valence-corrected chi connectivity index (χ0v) is 18.2. The van der Waals surface area contributed by atoms with E-state index in [0.717, 1.165) is 0 Å². The molecule has 0 spiro atoms. The van der Waals surface area contributed by atoms with Gasteiger partial charge in [0.2, 0.25) is 5.76 Å². The number of carboxylic acid groups (broad SMARTS) is 1. The summed E-state index contributed by atoms with van der Waals surface area (Å²) in [4.78, 5) is 35.2. The molecule has 0 amide bonds. The summed E-state index contributed by atoms with van der Waals surface area (Å²) in [7, 11) is 0. The van der Waals surface area contributed by atoms with Crippen molar-refractivity contribution in [2.24, 2.45) is 0 Å². The van der Waals surface area contributed by atoms with E-state index >= 15 is 0 Å². The van der Waals surface area contributed by atoms with Crippen LogP contribution in [0.3, 0.4) is 0 Å². The first-order valence-electron chi connectivity index (χ1n) is 9.94. The Hall–Kier alpha value is -4.04. The van der Waals surface area contributed by atoms with Gasteiger partial charge in [0.25, 0.3) is 5.78 Å². The van der Waals surface area contributed by atoms with Crippen LogP contribution in [0.1, 0.15) is 33.6 Å². The lowest BCUT2D eigenvalue weighted by atomic mass is 10.1. The van der Waals surface area contributed by atoms with Crippen molar-refractivity contribution in [3.05, 3.63) is 82.9 Å². The van der Waals surface area contributed by atoms with E-state index in [9.17, 15) is 19.5 Å². The van der Waals surface area contributed by atoms with E-state index < -0.39 is 17.7 Å². The van der Waals surface area contributed by atoms with E-state index in [-0.39, 0.29) is 24.5 Å². The van der Waals surface area contributed by atoms with Crippen molar-refractivity contribution in [1.82, 2.24) is 4.57 Å². The van der Waals surface area contributed by atoms with E-state index in [2.05, 4.69) is 0 Å². The van der Waals surface area contributed by atoms with Gasteiger partial charge in [-0.15, -0.1) is 0 Å². The molecule has 4 aromatic rings. The number of carbonyl (C=O) groups excluding carboxylic acids is 2. The fourth-order valence-corrected chi connectivity index (χ4v) is 3.53. The molecule has 4 rings (SSSR count). The molecule has 0 radical (unpaired) electrons. The maximum atomic E-state index is 12.2. The lowest BCUT2D eigenvalue weighted by Crippen LogP contribution is -2.12. The van der Waals surface area contributed by atoms with Crippen LogP contribution in [0, 0.1) is 0 Å². The molecule has 0 aliphatic heterocycles. The summed E-state index contributed by atoms with van der Waals surface area (Å²) in [5.74, 6) is -2.08. The first-order valence-corrected chi connectivity index (χ1v) is 10.3. The first-order chi connectivity index (χ1) is 15.9. The number of hydrogen-bond acceptors (Lipinski definition) is 6. The molecule has 1 N–H and O–H groups in total. The van der Waals surface area contributed by atoms with Crippen LogP contribution in [0.25, 0.3) is 16.6 Å². The van der Waals surface area contributed by atoms with Gasteiger partial charge in [0.1, 0.15) is 18.1 Å². The summed E-state index contributed by atoms with van der Waals surface area (Å²) in [6, 6.07) is 15.1. The highest BCUT2D eigenvalue weighted by Crippen LogP contribution is 2.29. The molecule has 2 aromatic heterocycles. The number of fused-ring (bicyclic) bond motifs is 1. The number of aliphatic carboxylic acids is 1. The number of rotatable bonds is 8. The second kappa shape index (κ2) is 9.22. The van der Waals surface area contributed by atoms with Crippen molar-refractivity contribution in [2.75, 3.05) is 6.61 Å². The van der Waals surface area contributed by atoms with Gasteiger partial charge in [-0.25, -0.2) is 9.59 Å². The molecule has 2 heterocycles. The summed E-state index contributed by atoms with van der Waals surface area (Å²) in [6.07, 6.45) is 1.47. The van der Waals surface area contributed by atoms with Crippen LogP contribution in [-0.4, -0.2) is 34.0 Å². The minimum atomic E-state index is -1.55. The zero-order chi connectivity index (χ0) is 23.5. The lowest BCUT2D eigenvalue weighted by molar-refractivity contribution is -0.131. The van der Waals surface area contributed by atoms with Crippen LogP contribution >= 0.6 is 11.6 Å². The van der Waals surface area contributed by atoms with Gasteiger partial charge >= 0.3 is 11.9 Å². The van der Waals surface area contributed by atoms with Crippen molar-refractivity contribution in [3.63, 3.8) is 0 Å². The Labute approximate surface area is 192 Å². The molecule has 0 aliphatic carbocycles. The maximum Gasteiger partial charge on any atom is 0.377 e. The van der Waals surface area contributed by atoms with E-state index in [0.29, 0.717) is 33.1 Å². The Morgan fingerprint density at radius 3 is 2.67 bits per heavy atom. The van der Waals surface area contributed by atoms with Crippen LogP contribution in [0.5, 0.6) is 5.75 Å². The Morgan fingerprint density at radius 2 is 1.91 bits per heavy atom. The van der Waals surface area contributed by atoms with Gasteiger partial charge in [0, 0.05) is 28.4 Å². The fraction of sp³-hybridized carbons (Fsp3) is 0.125. The van der Waals surface area contributed by atoms with Crippen LogP contribution in [0.15, 0.2) is 65.2 Å². The molecule has 0 unspecified atom stereocenters. The Bertz CT molecular complexity index is 1370. The summed E-state index contributed by atoms with van der Waals surface area (Å²) < 4.78 is 17.8. The third kappa shape index (κ3) is 4.61. The minimum absolute atomic E-state index is 0.0356. The van der Waals surface area contributed by atoms with E-state index in [4.69, 9.17) is 25.5 Å². The number of furan rings is 1. The van der Waals surface area contributed by atoms with Crippen molar-refractivity contribution in [1.29, 1.82) is 0 Å². The number of carbonyl (C=O) groups is 3. The zero-order valence-electron chi connectivity index (χ0n) is 17.4. The smallest absolute Gasteiger partial charge is 0.377 e. The number of nitrogens with zero attached hydrogens (tertiary/aromatic N) is 1. The highest BCUT2D eigenvalue weighted by molar-refractivity contribution is 6.42.